The fraction of sp³-hybridized carbons (Fsp3) is 0.429. The van der Waals surface area contributed by atoms with Crippen LogP contribution in [-0.2, 0) is 21.1 Å². The summed E-state index contributed by atoms with van der Waals surface area (Å²) < 4.78 is 61.0. The van der Waals surface area contributed by atoms with Crippen molar-refractivity contribution >= 4 is 9.84 Å². The summed E-state index contributed by atoms with van der Waals surface area (Å²) >= 11 is 0. The molecule has 0 aliphatic carbocycles. The number of sulfone groups is 1. The van der Waals surface area contributed by atoms with Gasteiger partial charge < -0.3 is 15.0 Å². The highest BCUT2D eigenvalue weighted by Crippen LogP contribution is 2.31. The molecule has 2 rings (SSSR count). The Hall–Kier alpha value is -2.07. The van der Waals surface area contributed by atoms with E-state index in [9.17, 15) is 17.2 Å². The molecule has 2 aromatic rings. The largest absolute Gasteiger partial charge is 0.497 e. The number of nitrogens with two attached hydrogens (primary N) is 1. The van der Waals surface area contributed by atoms with Crippen molar-refractivity contribution in [3.63, 3.8) is 0 Å². The zero-order chi connectivity index (χ0) is 18.1. The molecule has 1 heterocycles. The number of benzene rings is 1. The smallest absolute Gasteiger partial charge is 0.265 e. The molecule has 0 radical (unpaired) electrons. The molecular formula is C14H17F2N3O4S. The second kappa shape index (κ2) is 6.44. The first-order chi connectivity index (χ1) is 11.0. The molecule has 0 saturated carbocycles. The van der Waals surface area contributed by atoms with Crippen LogP contribution in [0.1, 0.15) is 37.6 Å². The van der Waals surface area contributed by atoms with Gasteiger partial charge in [0.25, 0.3) is 6.43 Å². The maximum Gasteiger partial charge on any atom is 0.265 e. The fourth-order valence-electron chi connectivity index (χ4n) is 1.92. The molecule has 0 spiro atoms. The van der Waals surface area contributed by atoms with Crippen LogP contribution >= 0.6 is 0 Å². The summed E-state index contributed by atoms with van der Waals surface area (Å²) in [6.07, 6.45) is -2.98. The van der Waals surface area contributed by atoms with Gasteiger partial charge in [-0.1, -0.05) is 5.16 Å². The van der Waals surface area contributed by atoms with E-state index in [-0.39, 0.29) is 17.5 Å². The first-order valence-electron chi connectivity index (χ1n) is 6.85. The molecule has 0 amide bonds. The first kappa shape index (κ1) is 18.3. The summed E-state index contributed by atoms with van der Waals surface area (Å²) in [4.78, 5) is 3.40. The Morgan fingerprint density at radius 3 is 2.54 bits per heavy atom. The van der Waals surface area contributed by atoms with E-state index in [0.29, 0.717) is 0 Å². The highest BCUT2D eigenvalue weighted by Gasteiger charge is 2.28. The lowest BCUT2D eigenvalue weighted by Crippen LogP contribution is -2.30. The Labute approximate surface area is 137 Å². The number of aromatic nitrogens is 2. The molecule has 10 heteroatoms. The number of hydrogen-bond donors (Lipinski definition) is 1. The van der Waals surface area contributed by atoms with Gasteiger partial charge >= 0.3 is 0 Å². The fourth-order valence-corrected chi connectivity index (χ4v) is 3.30. The van der Waals surface area contributed by atoms with Gasteiger partial charge in [0, 0.05) is 5.56 Å². The van der Waals surface area contributed by atoms with Crippen LogP contribution in [0.15, 0.2) is 27.6 Å². The van der Waals surface area contributed by atoms with Crippen molar-refractivity contribution in [2.75, 3.05) is 7.11 Å². The van der Waals surface area contributed by atoms with E-state index in [1.807, 2.05) is 0 Å². The Balaban J connectivity index is 2.39. The van der Waals surface area contributed by atoms with Crippen molar-refractivity contribution in [3.05, 3.63) is 35.5 Å². The van der Waals surface area contributed by atoms with E-state index < -0.39 is 38.0 Å². The van der Waals surface area contributed by atoms with Crippen LogP contribution < -0.4 is 10.5 Å². The summed E-state index contributed by atoms with van der Waals surface area (Å²) in [6.45, 7) is 3.24. The minimum Gasteiger partial charge on any atom is -0.497 e. The third-order valence-corrected chi connectivity index (χ3v) is 4.81. The number of rotatable bonds is 6. The average molecular weight is 361 g/mol. The van der Waals surface area contributed by atoms with Crippen LogP contribution in [0.5, 0.6) is 5.75 Å². The highest BCUT2D eigenvalue weighted by molar-refractivity contribution is 7.90. The lowest BCUT2D eigenvalue weighted by atomic mass is 10.1. The highest BCUT2D eigenvalue weighted by atomic mass is 32.2. The van der Waals surface area contributed by atoms with Crippen LogP contribution in [0.25, 0.3) is 0 Å². The quantitative estimate of drug-likeness (QED) is 0.840. The van der Waals surface area contributed by atoms with E-state index in [0.717, 1.165) is 12.1 Å². The van der Waals surface area contributed by atoms with Crippen LogP contribution in [-0.4, -0.2) is 25.7 Å². The maximum atomic E-state index is 13.2. The molecule has 0 fully saturated rings. The maximum absolute atomic E-state index is 13.2. The SMILES string of the molecule is COc1ccc(S(=O)(=O)Cc2nc(C(C)(C)N)no2)c(C(F)F)c1. The zero-order valence-corrected chi connectivity index (χ0v) is 14.1. The minimum atomic E-state index is -4.12. The van der Waals surface area contributed by atoms with Gasteiger partial charge in [-0.3, -0.25) is 0 Å². The van der Waals surface area contributed by atoms with Gasteiger partial charge in [0.15, 0.2) is 15.7 Å². The van der Waals surface area contributed by atoms with E-state index in [2.05, 4.69) is 10.1 Å². The lowest BCUT2D eigenvalue weighted by molar-refractivity contribution is 0.147. The van der Waals surface area contributed by atoms with E-state index in [1.54, 1.807) is 13.8 Å². The monoisotopic (exact) mass is 361 g/mol. The summed E-state index contributed by atoms with van der Waals surface area (Å²) in [7, 11) is -2.82. The van der Waals surface area contributed by atoms with Gasteiger partial charge in [0.2, 0.25) is 5.89 Å². The molecule has 0 saturated heterocycles. The number of alkyl halides is 2. The summed E-state index contributed by atoms with van der Waals surface area (Å²) in [6, 6.07) is 3.35. The number of hydrogen-bond acceptors (Lipinski definition) is 7. The van der Waals surface area contributed by atoms with Crippen molar-refractivity contribution in [1.29, 1.82) is 0 Å². The van der Waals surface area contributed by atoms with Gasteiger partial charge in [-0.15, -0.1) is 0 Å². The van der Waals surface area contributed by atoms with Gasteiger partial charge in [-0.25, -0.2) is 17.2 Å². The summed E-state index contributed by atoms with van der Waals surface area (Å²) in [5.41, 5.74) is 4.23. The van der Waals surface area contributed by atoms with Crippen molar-refractivity contribution in [3.8, 4) is 5.75 Å². The summed E-state index contributed by atoms with van der Waals surface area (Å²) in [5.74, 6) is -0.674. The molecule has 0 aliphatic rings. The van der Waals surface area contributed by atoms with E-state index in [4.69, 9.17) is 15.0 Å². The third-order valence-electron chi connectivity index (χ3n) is 3.15. The molecule has 24 heavy (non-hydrogen) atoms. The number of ether oxygens (including phenoxy) is 1. The van der Waals surface area contributed by atoms with Crippen molar-refractivity contribution in [2.24, 2.45) is 5.73 Å². The van der Waals surface area contributed by atoms with E-state index in [1.165, 1.54) is 13.2 Å². The van der Waals surface area contributed by atoms with Crippen LogP contribution in [0.4, 0.5) is 8.78 Å². The van der Waals surface area contributed by atoms with Gasteiger partial charge in [-0.05, 0) is 32.0 Å². The van der Waals surface area contributed by atoms with E-state index >= 15 is 0 Å². The van der Waals surface area contributed by atoms with Gasteiger partial charge in [0.1, 0.15) is 11.5 Å². The molecule has 0 atom stereocenters. The van der Waals surface area contributed by atoms with Crippen molar-refractivity contribution in [2.45, 2.75) is 36.5 Å². The Bertz CT molecular complexity index is 829. The predicted octanol–water partition coefficient (Wildman–Crippen LogP) is 2.18. The second-order valence-corrected chi connectivity index (χ2v) is 7.65. The summed E-state index contributed by atoms with van der Waals surface area (Å²) in [5, 5.41) is 3.61. The number of nitrogens with zero attached hydrogens (tertiary/aromatic N) is 2. The molecule has 132 valence electrons. The molecular weight excluding hydrogens is 344 g/mol. The minimum absolute atomic E-state index is 0.122. The number of methoxy groups -OCH3 is 1. The van der Waals surface area contributed by atoms with Crippen LogP contribution in [0.2, 0.25) is 0 Å². The average Bonchev–Trinajstić information content (AvgIpc) is 2.94. The van der Waals surface area contributed by atoms with Gasteiger partial charge in [0.05, 0.1) is 17.5 Å². The standard InChI is InChI=1S/C14H17F2N3O4S/c1-14(2,17)13-18-11(23-19-13)7-24(20,21)10-5-4-8(22-3)6-9(10)12(15)16/h4-6,12H,7,17H2,1-3H3. The third kappa shape index (κ3) is 3.88. The molecule has 1 aromatic carbocycles. The van der Waals surface area contributed by atoms with Crippen molar-refractivity contribution in [1.82, 2.24) is 10.1 Å². The molecule has 2 N–H and O–H groups in total. The predicted molar refractivity (Wildman–Crippen MR) is 80.4 cm³/mol. The van der Waals surface area contributed by atoms with Crippen molar-refractivity contribution < 1.29 is 26.5 Å². The van der Waals surface area contributed by atoms with Crippen LogP contribution in [0.3, 0.4) is 0 Å². The Morgan fingerprint density at radius 2 is 2.04 bits per heavy atom. The molecule has 7 nitrogen and oxygen atoms in total. The number of halogens is 2. The first-order valence-corrected chi connectivity index (χ1v) is 8.50. The lowest BCUT2D eigenvalue weighted by Gasteiger charge is -2.11. The zero-order valence-electron chi connectivity index (χ0n) is 13.3. The molecule has 0 bridgehead atoms. The molecule has 1 aromatic heterocycles. The second-order valence-electron chi connectivity index (χ2n) is 5.70. The Kier molecular flexibility index (Phi) is 4.90. The normalized spacial score (nSPS) is 12.6. The van der Waals surface area contributed by atoms with Gasteiger partial charge in [-0.2, -0.15) is 4.98 Å². The molecule has 0 unspecified atom stereocenters. The molecule has 0 aliphatic heterocycles. The topological polar surface area (TPSA) is 108 Å². The Morgan fingerprint density at radius 1 is 1.38 bits per heavy atom. The van der Waals surface area contributed by atoms with Crippen LogP contribution in [0, 0.1) is 0 Å².